The van der Waals surface area contributed by atoms with Crippen molar-refractivity contribution < 1.29 is 9.15 Å². The lowest BCUT2D eigenvalue weighted by Gasteiger charge is -2.22. The highest BCUT2D eigenvalue weighted by molar-refractivity contribution is 5.05. The van der Waals surface area contributed by atoms with Gasteiger partial charge in [-0.2, -0.15) is 0 Å². The molecule has 1 rings (SSSR count). The summed E-state index contributed by atoms with van der Waals surface area (Å²) in [6.07, 6.45) is 0.989. The summed E-state index contributed by atoms with van der Waals surface area (Å²) in [4.78, 5) is 0. The Balaban J connectivity index is 2.17. The van der Waals surface area contributed by atoms with Gasteiger partial charge in [0.2, 0.25) is 0 Å². The largest absolute Gasteiger partial charge is 0.465 e. The highest BCUT2D eigenvalue weighted by Crippen LogP contribution is 2.11. The van der Waals surface area contributed by atoms with Crippen molar-refractivity contribution in [3.63, 3.8) is 0 Å². The number of aryl methyl sites for hydroxylation is 1. The van der Waals surface area contributed by atoms with Crippen molar-refractivity contribution >= 4 is 0 Å². The standard InChI is InChI=1S/C12H21NO2/c1-10-5-6-11(15-10)9-13-8-7-12(2,3)14-4/h5-6,13H,7-9H2,1-4H3. The van der Waals surface area contributed by atoms with Gasteiger partial charge in [0, 0.05) is 7.11 Å². The van der Waals surface area contributed by atoms with E-state index in [1.54, 1.807) is 7.11 Å². The molecule has 0 aromatic carbocycles. The Hall–Kier alpha value is -0.800. The molecule has 0 aliphatic rings. The molecular weight excluding hydrogens is 190 g/mol. The van der Waals surface area contributed by atoms with Crippen LogP contribution in [-0.2, 0) is 11.3 Å². The predicted molar refractivity (Wildman–Crippen MR) is 60.9 cm³/mol. The molecule has 15 heavy (non-hydrogen) atoms. The van der Waals surface area contributed by atoms with Gasteiger partial charge in [0.25, 0.3) is 0 Å². The quantitative estimate of drug-likeness (QED) is 0.734. The fourth-order valence-corrected chi connectivity index (χ4v) is 1.28. The molecule has 0 aliphatic heterocycles. The maximum absolute atomic E-state index is 5.45. The Morgan fingerprint density at radius 3 is 2.67 bits per heavy atom. The third-order valence-electron chi connectivity index (χ3n) is 2.55. The molecule has 3 heteroatoms. The zero-order valence-electron chi connectivity index (χ0n) is 10.1. The summed E-state index contributed by atoms with van der Waals surface area (Å²) >= 11 is 0. The lowest BCUT2D eigenvalue weighted by molar-refractivity contribution is 0.0157. The van der Waals surface area contributed by atoms with Crippen LogP contribution in [0.4, 0.5) is 0 Å². The second-order valence-corrected chi connectivity index (χ2v) is 4.40. The fourth-order valence-electron chi connectivity index (χ4n) is 1.28. The lowest BCUT2D eigenvalue weighted by Crippen LogP contribution is -2.28. The van der Waals surface area contributed by atoms with E-state index in [2.05, 4.69) is 19.2 Å². The van der Waals surface area contributed by atoms with Crippen molar-refractivity contribution in [3.05, 3.63) is 23.7 Å². The van der Waals surface area contributed by atoms with Gasteiger partial charge in [-0.3, -0.25) is 0 Å². The predicted octanol–water partition coefficient (Wildman–Crippen LogP) is 2.49. The van der Waals surface area contributed by atoms with Gasteiger partial charge >= 0.3 is 0 Å². The van der Waals surface area contributed by atoms with E-state index in [1.165, 1.54) is 0 Å². The van der Waals surface area contributed by atoms with E-state index in [-0.39, 0.29) is 5.60 Å². The van der Waals surface area contributed by atoms with Crippen molar-refractivity contribution in [1.82, 2.24) is 5.32 Å². The smallest absolute Gasteiger partial charge is 0.117 e. The van der Waals surface area contributed by atoms with Crippen LogP contribution in [0.5, 0.6) is 0 Å². The number of rotatable bonds is 6. The normalized spacial score (nSPS) is 12.0. The van der Waals surface area contributed by atoms with Gasteiger partial charge in [-0.05, 0) is 45.9 Å². The molecule has 0 atom stereocenters. The van der Waals surface area contributed by atoms with Crippen LogP contribution in [0.3, 0.4) is 0 Å². The molecule has 0 aliphatic carbocycles. The maximum Gasteiger partial charge on any atom is 0.117 e. The first kappa shape index (κ1) is 12.3. The number of ether oxygens (including phenoxy) is 1. The van der Waals surface area contributed by atoms with E-state index in [4.69, 9.17) is 9.15 Å². The molecule has 0 radical (unpaired) electrons. The summed E-state index contributed by atoms with van der Waals surface area (Å²) in [7, 11) is 1.75. The fraction of sp³-hybridized carbons (Fsp3) is 0.667. The van der Waals surface area contributed by atoms with Crippen LogP contribution in [-0.4, -0.2) is 19.3 Å². The van der Waals surface area contributed by atoms with E-state index < -0.39 is 0 Å². The molecular formula is C12H21NO2. The SMILES string of the molecule is COC(C)(C)CCNCc1ccc(C)o1. The molecule has 3 nitrogen and oxygen atoms in total. The molecule has 0 amide bonds. The summed E-state index contributed by atoms with van der Waals surface area (Å²) < 4.78 is 10.8. The first-order valence-electron chi connectivity index (χ1n) is 5.35. The highest BCUT2D eigenvalue weighted by atomic mass is 16.5. The average molecular weight is 211 g/mol. The summed E-state index contributed by atoms with van der Waals surface area (Å²) in [6.45, 7) is 7.85. The van der Waals surface area contributed by atoms with Crippen LogP contribution in [0.2, 0.25) is 0 Å². The zero-order valence-corrected chi connectivity index (χ0v) is 10.1. The number of nitrogens with one attached hydrogen (secondary N) is 1. The molecule has 1 N–H and O–H groups in total. The van der Waals surface area contributed by atoms with Gasteiger partial charge in [0.1, 0.15) is 11.5 Å². The second kappa shape index (κ2) is 5.33. The van der Waals surface area contributed by atoms with E-state index in [0.717, 1.165) is 31.0 Å². The minimum atomic E-state index is -0.0495. The van der Waals surface area contributed by atoms with Crippen molar-refractivity contribution in [2.75, 3.05) is 13.7 Å². The van der Waals surface area contributed by atoms with Crippen LogP contribution >= 0.6 is 0 Å². The first-order chi connectivity index (χ1) is 7.03. The monoisotopic (exact) mass is 211 g/mol. The molecule has 0 fully saturated rings. The van der Waals surface area contributed by atoms with Gasteiger partial charge in [-0.25, -0.2) is 0 Å². The molecule has 0 bridgehead atoms. The van der Waals surface area contributed by atoms with Gasteiger partial charge in [-0.15, -0.1) is 0 Å². The van der Waals surface area contributed by atoms with Crippen molar-refractivity contribution in [3.8, 4) is 0 Å². The number of furan rings is 1. The Bertz CT molecular complexity index is 292. The maximum atomic E-state index is 5.45. The van der Waals surface area contributed by atoms with Crippen LogP contribution in [0.1, 0.15) is 31.8 Å². The summed E-state index contributed by atoms with van der Waals surface area (Å²) in [5, 5.41) is 3.33. The lowest BCUT2D eigenvalue weighted by atomic mass is 10.1. The van der Waals surface area contributed by atoms with Crippen LogP contribution in [0.25, 0.3) is 0 Å². The van der Waals surface area contributed by atoms with Crippen molar-refractivity contribution in [1.29, 1.82) is 0 Å². The molecule has 0 saturated heterocycles. The zero-order chi connectivity index (χ0) is 11.3. The molecule has 1 aromatic heterocycles. The van der Waals surface area contributed by atoms with Crippen LogP contribution in [0, 0.1) is 6.92 Å². The van der Waals surface area contributed by atoms with E-state index in [0.29, 0.717) is 0 Å². The van der Waals surface area contributed by atoms with Gasteiger partial charge in [-0.1, -0.05) is 0 Å². The van der Waals surface area contributed by atoms with Crippen molar-refractivity contribution in [2.45, 2.75) is 39.3 Å². The van der Waals surface area contributed by atoms with Crippen LogP contribution < -0.4 is 5.32 Å². The number of hydrogen-bond acceptors (Lipinski definition) is 3. The highest BCUT2D eigenvalue weighted by Gasteiger charge is 2.14. The van der Waals surface area contributed by atoms with Gasteiger partial charge in [0.15, 0.2) is 0 Å². The molecule has 0 saturated carbocycles. The Kier molecular flexibility index (Phi) is 4.36. The van der Waals surface area contributed by atoms with Gasteiger partial charge < -0.3 is 14.5 Å². The molecule has 0 spiro atoms. The Morgan fingerprint density at radius 2 is 2.13 bits per heavy atom. The minimum Gasteiger partial charge on any atom is -0.465 e. The van der Waals surface area contributed by atoms with Crippen molar-refractivity contribution in [2.24, 2.45) is 0 Å². The average Bonchev–Trinajstić information content (AvgIpc) is 2.59. The number of methoxy groups -OCH3 is 1. The van der Waals surface area contributed by atoms with Crippen LogP contribution in [0.15, 0.2) is 16.5 Å². The van der Waals surface area contributed by atoms with E-state index >= 15 is 0 Å². The molecule has 0 unspecified atom stereocenters. The number of hydrogen-bond donors (Lipinski definition) is 1. The Morgan fingerprint density at radius 1 is 1.40 bits per heavy atom. The van der Waals surface area contributed by atoms with Gasteiger partial charge in [0.05, 0.1) is 12.1 Å². The summed E-state index contributed by atoms with van der Waals surface area (Å²) in [5.74, 6) is 1.95. The Labute approximate surface area is 91.8 Å². The third kappa shape index (κ3) is 4.49. The summed E-state index contributed by atoms with van der Waals surface area (Å²) in [5.41, 5.74) is -0.0495. The molecule has 1 heterocycles. The second-order valence-electron chi connectivity index (χ2n) is 4.40. The van der Waals surface area contributed by atoms with E-state index in [1.807, 2.05) is 19.1 Å². The third-order valence-corrected chi connectivity index (χ3v) is 2.55. The summed E-state index contributed by atoms with van der Waals surface area (Å²) in [6, 6.07) is 3.99. The molecule has 86 valence electrons. The molecule has 1 aromatic rings. The first-order valence-corrected chi connectivity index (χ1v) is 5.35. The van der Waals surface area contributed by atoms with E-state index in [9.17, 15) is 0 Å². The minimum absolute atomic E-state index is 0.0495. The topological polar surface area (TPSA) is 34.4 Å².